The first-order valence-electron chi connectivity index (χ1n) is 27.4. The Morgan fingerprint density at radius 1 is 0.635 bits per heavy atom. The zero-order valence-corrected chi connectivity index (χ0v) is 50.1. The van der Waals surface area contributed by atoms with Crippen LogP contribution >= 0.6 is 50.5 Å². The molecule has 2 aromatic carbocycles. The Morgan fingerprint density at radius 2 is 1.12 bits per heavy atom. The first-order chi connectivity index (χ1) is 35.1. The Bertz CT molecular complexity index is 2140. The number of ketones is 1. The molecular formula is C58H92N6O6S4. The van der Waals surface area contributed by atoms with E-state index in [9.17, 15) is 9.59 Å². The van der Waals surface area contributed by atoms with Crippen molar-refractivity contribution in [2.75, 3.05) is 28.2 Å². The van der Waals surface area contributed by atoms with Gasteiger partial charge in [0.1, 0.15) is 17.8 Å². The summed E-state index contributed by atoms with van der Waals surface area (Å²) in [5.41, 5.74) is 2.22. The van der Waals surface area contributed by atoms with Gasteiger partial charge in [-0.2, -0.15) is 55.5 Å². The van der Waals surface area contributed by atoms with Crippen molar-refractivity contribution in [1.82, 2.24) is 30.2 Å². The number of thiol groups is 4. The molecule has 12 nitrogen and oxygen atoms in total. The maximum Gasteiger partial charge on any atom is 0.245 e. The fourth-order valence-electron chi connectivity index (χ4n) is 9.76. The quantitative estimate of drug-likeness (QED) is 0.0365. The molecule has 1 aliphatic rings. The number of ether oxygens (including phenoxy) is 1. The van der Waals surface area contributed by atoms with Gasteiger partial charge in [0.25, 0.3) is 0 Å². The number of carbonyl (C=O) groups excluding carboxylic acids is 4. The second-order valence-corrected chi connectivity index (χ2v) is 25.7. The van der Waals surface area contributed by atoms with Crippen molar-refractivity contribution in [3.63, 3.8) is 0 Å². The van der Waals surface area contributed by atoms with Gasteiger partial charge in [0.15, 0.2) is 12.4 Å². The standard InChI is InChI=1S/C58H92N6O6S4/c1-37(2)29-49(59-8)56(66)63(10)51(31-39(4)18-21-42(7)72)58(68)64(11)52(57(67)62(9)50(30-38(3)17-20-41(6)71)53(65)35-48(74)34-43-15-13-12-14-16-43)32-40(5)19-28-47(73)33-44-22-26-46(27-23-44)69-36-54-60-55(70-61-54)45-24-25-45/h12-16,22-23,26-27,37-42,45,47-52,59,71-74H,17-21,24-25,28-36H2,1-11H3/t38?,39?,40?,41?,42?,47?,48?,49-,50?,51-,52-/m0/s1. The van der Waals surface area contributed by atoms with Gasteiger partial charge >= 0.3 is 0 Å². The average molecular weight is 1100 g/mol. The van der Waals surface area contributed by atoms with Crippen LogP contribution in [-0.2, 0) is 38.6 Å². The molecule has 0 aliphatic heterocycles. The van der Waals surface area contributed by atoms with Crippen LogP contribution < -0.4 is 10.1 Å². The molecule has 0 saturated heterocycles. The Morgan fingerprint density at radius 3 is 1.64 bits per heavy atom. The third kappa shape index (κ3) is 21.7. The molecule has 1 fully saturated rings. The second-order valence-electron chi connectivity index (χ2n) is 22.4. The average Bonchev–Trinajstić information content (AvgIpc) is 4.11. The Balaban J connectivity index is 1.60. The van der Waals surface area contributed by atoms with E-state index in [1.54, 1.807) is 42.9 Å². The van der Waals surface area contributed by atoms with Crippen LogP contribution in [0.25, 0.3) is 0 Å². The Hall–Kier alpha value is -3.18. The van der Waals surface area contributed by atoms with Crippen molar-refractivity contribution in [2.45, 2.75) is 202 Å². The molecule has 1 N–H and O–H groups in total. The highest BCUT2D eigenvalue weighted by Gasteiger charge is 2.41. The van der Waals surface area contributed by atoms with Gasteiger partial charge in [0.05, 0.1) is 12.1 Å². The highest BCUT2D eigenvalue weighted by atomic mass is 32.1. The summed E-state index contributed by atoms with van der Waals surface area (Å²) in [7, 11) is 6.94. The minimum atomic E-state index is -0.908. The second kappa shape index (κ2) is 31.9. The van der Waals surface area contributed by atoms with Gasteiger partial charge in [-0.05, 0) is 154 Å². The Labute approximate surface area is 467 Å². The number of rotatable bonds is 35. The van der Waals surface area contributed by atoms with Gasteiger partial charge in [-0.25, -0.2) is 0 Å². The van der Waals surface area contributed by atoms with Crippen molar-refractivity contribution >= 4 is 74.0 Å². The summed E-state index contributed by atoms with van der Waals surface area (Å²) >= 11 is 19.2. The molecule has 16 heteroatoms. The summed E-state index contributed by atoms with van der Waals surface area (Å²) < 4.78 is 11.3. The van der Waals surface area contributed by atoms with Gasteiger partial charge < -0.3 is 29.3 Å². The topological polar surface area (TPSA) is 138 Å². The van der Waals surface area contributed by atoms with E-state index in [1.807, 2.05) is 54.6 Å². The third-order valence-electron chi connectivity index (χ3n) is 14.7. The van der Waals surface area contributed by atoms with Crippen LogP contribution in [-0.4, -0.2) is 122 Å². The molecule has 3 amide bonds. The molecule has 74 heavy (non-hydrogen) atoms. The number of Topliss-reactive ketones (excluding diaryl/α,β-unsaturated/α-hetero) is 1. The number of amides is 3. The van der Waals surface area contributed by atoms with Crippen LogP contribution in [0.15, 0.2) is 59.1 Å². The summed E-state index contributed by atoms with van der Waals surface area (Å²) in [5, 5.41) is 7.43. The molecular weight excluding hydrogens is 1000 g/mol. The number of aromatic nitrogens is 2. The maximum absolute atomic E-state index is 15.5. The number of nitrogens with one attached hydrogen (secondary N) is 1. The van der Waals surface area contributed by atoms with Crippen LogP contribution in [0.5, 0.6) is 5.75 Å². The molecule has 3 aromatic rings. The summed E-state index contributed by atoms with van der Waals surface area (Å²) in [6, 6.07) is 15.1. The van der Waals surface area contributed by atoms with Crippen LogP contribution in [0.3, 0.4) is 0 Å². The fourth-order valence-corrected chi connectivity index (χ4v) is 10.8. The van der Waals surface area contributed by atoms with Crippen molar-refractivity contribution < 1.29 is 28.4 Å². The highest BCUT2D eigenvalue weighted by molar-refractivity contribution is 7.81. The molecule has 414 valence electrons. The lowest BCUT2D eigenvalue weighted by atomic mass is 9.89. The number of benzene rings is 2. The Kier molecular flexibility index (Phi) is 27.3. The van der Waals surface area contributed by atoms with E-state index in [1.165, 1.54) is 0 Å². The van der Waals surface area contributed by atoms with E-state index in [2.05, 4.69) is 89.2 Å². The minimum absolute atomic E-state index is 0.00503. The predicted octanol–water partition coefficient (Wildman–Crippen LogP) is 11.0. The third-order valence-corrected chi connectivity index (χ3v) is 16.0. The number of likely N-dealkylation sites (N-methyl/N-ethyl adjacent to an activating group) is 4. The molecule has 0 bridgehead atoms. The van der Waals surface area contributed by atoms with Gasteiger partial charge in [-0.15, -0.1) is 0 Å². The van der Waals surface area contributed by atoms with Crippen molar-refractivity contribution in [2.24, 2.45) is 23.7 Å². The molecule has 1 heterocycles. The molecule has 8 unspecified atom stereocenters. The van der Waals surface area contributed by atoms with Crippen LogP contribution in [0, 0.1) is 23.7 Å². The lowest BCUT2D eigenvalue weighted by Crippen LogP contribution is -2.58. The van der Waals surface area contributed by atoms with E-state index < -0.39 is 24.2 Å². The normalized spacial score (nSPS) is 17.2. The number of hydrogen-bond acceptors (Lipinski definition) is 13. The molecule has 0 spiro atoms. The zero-order chi connectivity index (χ0) is 54.6. The van der Waals surface area contributed by atoms with Crippen molar-refractivity contribution in [1.29, 1.82) is 0 Å². The van der Waals surface area contributed by atoms with E-state index >= 15 is 9.59 Å². The SMILES string of the molecule is CN[C@@H](CC(C)C)C(=O)N(C)[C@@H](CC(C)CCC(C)S)C(=O)N(C)[C@@H](CC(C)CCC(S)Cc1ccc(OCc2noc(C3CC3)n2)cc1)C(=O)N(C)C(CC(C)CCC(C)S)C(=O)CC(S)Cc1ccccc1. The summed E-state index contributed by atoms with van der Waals surface area (Å²) in [6.45, 7) is 14.9. The van der Waals surface area contributed by atoms with E-state index in [0.717, 1.165) is 74.7 Å². The lowest BCUT2D eigenvalue weighted by molar-refractivity contribution is -0.153. The van der Waals surface area contributed by atoms with Gasteiger partial charge in [0.2, 0.25) is 29.4 Å². The van der Waals surface area contributed by atoms with Crippen LogP contribution in [0.2, 0.25) is 0 Å². The lowest BCUT2D eigenvalue weighted by Gasteiger charge is -2.40. The van der Waals surface area contributed by atoms with Gasteiger partial charge in [-0.1, -0.05) is 96.1 Å². The first-order valence-corrected chi connectivity index (χ1v) is 29.4. The zero-order valence-electron chi connectivity index (χ0n) is 46.5. The van der Waals surface area contributed by atoms with Crippen molar-refractivity contribution in [3.8, 4) is 5.75 Å². The molecule has 1 aliphatic carbocycles. The van der Waals surface area contributed by atoms with E-state index in [0.29, 0.717) is 49.7 Å². The predicted molar refractivity (Wildman–Crippen MR) is 314 cm³/mol. The summed E-state index contributed by atoms with van der Waals surface area (Å²) in [6.07, 6.45) is 10.5. The first kappa shape index (κ1) is 63.4. The maximum atomic E-state index is 15.5. The number of hydrogen-bond donors (Lipinski definition) is 5. The molecule has 11 atom stereocenters. The van der Waals surface area contributed by atoms with Crippen molar-refractivity contribution in [3.05, 3.63) is 77.4 Å². The smallest absolute Gasteiger partial charge is 0.245 e. The summed E-state index contributed by atoms with van der Waals surface area (Å²) in [4.78, 5) is 69.0. The van der Waals surface area contributed by atoms with E-state index in [-0.39, 0.29) is 81.2 Å². The van der Waals surface area contributed by atoms with Crippen LogP contribution in [0.1, 0.15) is 161 Å². The monoisotopic (exact) mass is 1100 g/mol. The van der Waals surface area contributed by atoms with E-state index in [4.69, 9.17) is 34.5 Å². The molecule has 1 saturated carbocycles. The molecule has 1 aromatic heterocycles. The summed E-state index contributed by atoms with van der Waals surface area (Å²) in [5.74, 6) is 2.02. The largest absolute Gasteiger partial charge is 0.485 e. The fraction of sp³-hybridized carbons (Fsp3) is 0.690. The van der Waals surface area contributed by atoms with Crippen LogP contribution in [0.4, 0.5) is 0 Å². The van der Waals surface area contributed by atoms with Gasteiger partial charge in [-0.3, -0.25) is 19.2 Å². The number of carbonyl (C=O) groups is 4. The molecule has 4 rings (SSSR count). The molecule has 0 radical (unpaired) electrons. The number of nitrogens with zero attached hydrogens (tertiary/aromatic N) is 5. The van der Waals surface area contributed by atoms with Gasteiger partial charge in [0, 0.05) is 44.0 Å². The minimum Gasteiger partial charge on any atom is -0.485 e. The highest BCUT2D eigenvalue weighted by Crippen LogP contribution is 2.39.